The summed E-state index contributed by atoms with van der Waals surface area (Å²) in [5.41, 5.74) is 2.00. The standard InChI is InChI=1S/C26H25FN2O4/c1-32-21-11-3-17(4-12-21)25-23(26(31)28-19-7-5-18(27)6-8-19)15-16-24(30)29(25)20-9-13-22(33-2)14-10-20/h3-14,23,25H,15-16H2,1-2H3,(H,28,31)/t23-,25-/m1/s1. The Morgan fingerprint density at radius 1 is 0.909 bits per heavy atom. The van der Waals surface area contributed by atoms with Crippen LogP contribution in [0.4, 0.5) is 15.8 Å². The molecule has 1 aliphatic rings. The number of carbonyl (C=O) groups is 2. The fraction of sp³-hybridized carbons (Fsp3) is 0.231. The second-order valence-corrected chi connectivity index (χ2v) is 7.82. The number of anilines is 2. The van der Waals surface area contributed by atoms with Gasteiger partial charge in [-0.2, -0.15) is 0 Å². The maximum atomic E-state index is 13.4. The van der Waals surface area contributed by atoms with Gasteiger partial charge >= 0.3 is 0 Å². The maximum Gasteiger partial charge on any atom is 0.229 e. The van der Waals surface area contributed by atoms with E-state index in [-0.39, 0.29) is 24.1 Å². The molecule has 3 aromatic carbocycles. The van der Waals surface area contributed by atoms with Gasteiger partial charge in [-0.3, -0.25) is 9.59 Å². The number of carbonyl (C=O) groups excluding carboxylic acids is 2. The van der Waals surface area contributed by atoms with Crippen molar-refractivity contribution in [1.29, 1.82) is 0 Å². The van der Waals surface area contributed by atoms with Crippen LogP contribution in [0.15, 0.2) is 72.8 Å². The van der Waals surface area contributed by atoms with Crippen molar-refractivity contribution in [2.24, 2.45) is 5.92 Å². The highest BCUT2D eigenvalue weighted by Crippen LogP contribution is 2.41. The van der Waals surface area contributed by atoms with Crippen LogP contribution in [0.5, 0.6) is 11.5 Å². The second-order valence-electron chi connectivity index (χ2n) is 7.82. The molecule has 0 bridgehead atoms. The number of hydrogen-bond acceptors (Lipinski definition) is 4. The summed E-state index contributed by atoms with van der Waals surface area (Å²) < 4.78 is 23.8. The van der Waals surface area contributed by atoms with E-state index in [0.29, 0.717) is 29.3 Å². The molecule has 7 heteroatoms. The van der Waals surface area contributed by atoms with Crippen molar-refractivity contribution < 1.29 is 23.5 Å². The quantitative estimate of drug-likeness (QED) is 0.578. The van der Waals surface area contributed by atoms with Crippen LogP contribution in [-0.4, -0.2) is 26.0 Å². The third kappa shape index (κ3) is 4.82. The van der Waals surface area contributed by atoms with Crippen LogP contribution in [0.25, 0.3) is 0 Å². The Kier molecular flexibility index (Phi) is 6.58. The highest BCUT2D eigenvalue weighted by molar-refractivity contribution is 6.00. The molecular weight excluding hydrogens is 423 g/mol. The van der Waals surface area contributed by atoms with Gasteiger partial charge in [0.15, 0.2) is 0 Å². The molecule has 170 valence electrons. The molecule has 0 unspecified atom stereocenters. The van der Waals surface area contributed by atoms with Gasteiger partial charge in [-0.1, -0.05) is 12.1 Å². The van der Waals surface area contributed by atoms with Gasteiger partial charge in [0.2, 0.25) is 11.8 Å². The monoisotopic (exact) mass is 448 g/mol. The van der Waals surface area contributed by atoms with Gasteiger partial charge in [-0.25, -0.2) is 4.39 Å². The van der Waals surface area contributed by atoms with Crippen LogP contribution < -0.4 is 19.7 Å². The summed E-state index contributed by atoms with van der Waals surface area (Å²) in [6.45, 7) is 0. The lowest BCUT2D eigenvalue weighted by atomic mass is 9.83. The molecule has 6 nitrogen and oxygen atoms in total. The third-order valence-corrected chi connectivity index (χ3v) is 5.85. The van der Waals surface area contributed by atoms with Crippen LogP contribution in [0, 0.1) is 11.7 Å². The number of piperidine rings is 1. The topological polar surface area (TPSA) is 67.9 Å². The van der Waals surface area contributed by atoms with Gasteiger partial charge in [0, 0.05) is 17.8 Å². The van der Waals surface area contributed by atoms with Crippen molar-refractivity contribution in [2.75, 3.05) is 24.4 Å². The van der Waals surface area contributed by atoms with E-state index in [1.807, 2.05) is 36.4 Å². The van der Waals surface area contributed by atoms with E-state index < -0.39 is 12.0 Å². The van der Waals surface area contributed by atoms with E-state index in [0.717, 1.165) is 5.56 Å². The van der Waals surface area contributed by atoms with Gasteiger partial charge in [-0.05, 0) is 72.6 Å². The molecule has 3 aromatic rings. The lowest BCUT2D eigenvalue weighted by Crippen LogP contribution is -2.46. The molecule has 4 rings (SSSR count). The number of halogens is 1. The number of methoxy groups -OCH3 is 2. The van der Waals surface area contributed by atoms with Crippen molar-refractivity contribution in [1.82, 2.24) is 0 Å². The first kappa shape index (κ1) is 22.3. The van der Waals surface area contributed by atoms with E-state index in [2.05, 4.69) is 5.32 Å². The summed E-state index contributed by atoms with van der Waals surface area (Å²) in [6, 6.07) is 19.7. The molecule has 0 spiro atoms. The summed E-state index contributed by atoms with van der Waals surface area (Å²) in [4.78, 5) is 28.2. The Labute approximate surface area is 191 Å². The molecule has 0 saturated carbocycles. The second kappa shape index (κ2) is 9.73. The van der Waals surface area contributed by atoms with Crippen LogP contribution in [0.3, 0.4) is 0 Å². The molecule has 1 fully saturated rings. The van der Waals surface area contributed by atoms with E-state index in [1.165, 1.54) is 24.3 Å². The highest BCUT2D eigenvalue weighted by Gasteiger charge is 2.41. The third-order valence-electron chi connectivity index (χ3n) is 5.85. The SMILES string of the molecule is COc1ccc([C@@H]2[C@H](C(=O)Nc3ccc(F)cc3)CCC(=O)N2c2ccc(OC)cc2)cc1. The Hall–Kier alpha value is -3.87. The molecule has 1 N–H and O–H groups in total. The van der Waals surface area contributed by atoms with Crippen LogP contribution in [-0.2, 0) is 9.59 Å². The molecule has 1 saturated heterocycles. The average molecular weight is 448 g/mol. The fourth-order valence-corrected chi connectivity index (χ4v) is 4.16. The predicted molar refractivity (Wildman–Crippen MR) is 124 cm³/mol. The average Bonchev–Trinajstić information content (AvgIpc) is 2.85. The number of nitrogens with one attached hydrogen (secondary N) is 1. The first-order valence-corrected chi connectivity index (χ1v) is 10.7. The molecule has 2 amide bonds. The van der Waals surface area contributed by atoms with Crippen LogP contribution >= 0.6 is 0 Å². The largest absolute Gasteiger partial charge is 0.497 e. The van der Waals surface area contributed by atoms with Crippen molar-refractivity contribution in [2.45, 2.75) is 18.9 Å². The van der Waals surface area contributed by atoms with Crippen LogP contribution in [0.2, 0.25) is 0 Å². The molecule has 0 radical (unpaired) electrons. The van der Waals surface area contributed by atoms with Gasteiger partial charge in [0.1, 0.15) is 17.3 Å². The van der Waals surface area contributed by atoms with Crippen molar-refractivity contribution in [3.05, 3.63) is 84.2 Å². The van der Waals surface area contributed by atoms with E-state index in [4.69, 9.17) is 9.47 Å². The highest BCUT2D eigenvalue weighted by atomic mass is 19.1. The van der Waals surface area contributed by atoms with Crippen molar-refractivity contribution >= 4 is 23.2 Å². The number of rotatable bonds is 6. The number of nitrogens with zero attached hydrogens (tertiary/aromatic N) is 1. The summed E-state index contributed by atoms with van der Waals surface area (Å²) in [6.07, 6.45) is 0.634. The van der Waals surface area contributed by atoms with Crippen molar-refractivity contribution in [3.63, 3.8) is 0 Å². The van der Waals surface area contributed by atoms with Gasteiger partial charge in [0.25, 0.3) is 0 Å². The minimum atomic E-state index is -0.522. The zero-order valence-electron chi connectivity index (χ0n) is 18.5. The summed E-state index contributed by atoms with van der Waals surface area (Å²) in [5, 5.41) is 2.88. The molecule has 0 aromatic heterocycles. The Bertz CT molecular complexity index is 1110. The zero-order valence-corrected chi connectivity index (χ0v) is 18.5. The van der Waals surface area contributed by atoms with E-state index in [1.54, 1.807) is 31.3 Å². The zero-order chi connectivity index (χ0) is 23.4. The minimum absolute atomic E-state index is 0.0631. The Morgan fingerprint density at radius 2 is 1.48 bits per heavy atom. The first-order valence-electron chi connectivity index (χ1n) is 10.7. The molecule has 1 aliphatic heterocycles. The van der Waals surface area contributed by atoms with Crippen LogP contribution in [0.1, 0.15) is 24.4 Å². The Morgan fingerprint density at radius 3 is 2.06 bits per heavy atom. The number of amides is 2. The summed E-state index contributed by atoms with van der Waals surface area (Å²) in [5.74, 6) is 0.181. The lowest BCUT2D eigenvalue weighted by Gasteiger charge is -2.41. The minimum Gasteiger partial charge on any atom is -0.497 e. The fourth-order valence-electron chi connectivity index (χ4n) is 4.16. The van der Waals surface area contributed by atoms with Gasteiger partial charge < -0.3 is 19.7 Å². The van der Waals surface area contributed by atoms with E-state index in [9.17, 15) is 14.0 Å². The summed E-state index contributed by atoms with van der Waals surface area (Å²) in [7, 11) is 3.17. The Balaban J connectivity index is 1.72. The maximum absolute atomic E-state index is 13.4. The number of ether oxygens (including phenoxy) is 2. The molecule has 2 atom stereocenters. The van der Waals surface area contributed by atoms with Crippen molar-refractivity contribution in [3.8, 4) is 11.5 Å². The number of hydrogen-bond donors (Lipinski definition) is 1. The predicted octanol–water partition coefficient (Wildman–Crippen LogP) is 4.97. The van der Waals surface area contributed by atoms with Gasteiger partial charge in [0.05, 0.1) is 26.2 Å². The normalized spacial score (nSPS) is 18.0. The molecule has 33 heavy (non-hydrogen) atoms. The first-order chi connectivity index (χ1) is 16.0. The molecule has 1 heterocycles. The van der Waals surface area contributed by atoms with Gasteiger partial charge in [-0.15, -0.1) is 0 Å². The van der Waals surface area contributed by atoms with E-state index >= 15 is 0 Å². The molecular formula is C26H25FN2O4. The molecule has 0 aliphatic carbocycles. The smallest absolute Gasteiger partial charge is 0.229 e. The number of benzene rings is 3. The lowest BCUT2D eigenvalue weighted by molar-refractivity contribution is -0.125. The summed E-state index contributed by atoms with van der Waals surface area (Å²) >= 11 is 0.